The Morgan fingerprint density at radius 2 is 1.92 bits per heavy atom. The van der Waals surface area contributed by atoms with Crippen LogP contribution < -0.4 is 9.47 Å². The highest BCUT2D eigenvalue weighted by atomic mass is 19.1. The molecule has 4 rings (SSSR count). The van der Waals surface area contributed by atoms with Crippen molar-refractivity contribution in [3.8, 4) is 11.5 Å². The van der Waals surface area contributed by atoms with Gasteiger partial charge in [-0.3, -0.25) is 0 Å². The maximum Gasteiger partial charge on any atom is 0.241 e. The van der Waals surface area contributed by atoms with E-state index in [2.05, 4.69) is 30.6 Å². The summed E-state index contributed by atoms with van der Waals surface area (Å²) in [6.07, 6.45) is 2.75. The van der Waals surface area contributed by atoms with Gasteiger partial charge in [-0.2, -0.15) is 8.97 Å². The predicted octanol–water partition coefficient (Wildman–Crippen LogP) is 4.43. The van der Waals surface area contributed by atoms with Crippen molar-refractivity contribution in [2.24, 2.45) is 0 Å². The van der Waals surface area contributed by atoms with Crippen molar-refractivity contribution >= 4 is 11.4 Å². The average molecular weight is 326 g/mol. The first-order valence-corrected chi connectivity index (χ1v) is 8.51. The van der Waals surface area contributed by atoms with Gasteiger partial charge in [0.05, 0.1) is 0 Å². The lowest BCUT2D eigenvalue weighted by molar-refractivity contribution is -0.485. The summed E-state index contributed by atoms with van der Waals surface area (Å²) in [6, 6.07) is 11.4. The Hall–Kier alpha value is -2.36. The number of nitrogens with zero attached hydrogens (tertiary/aromatic N) is 1. The van der Waals surface area contributed by atoms with Gasteiger partial charge in [-0.15, -0.1) is 0 Å². The first kappa shape index (κ1) is 15.2. The van der Waals surface area contributed by atoms with E-state index in [0.717, 1.165) is 42.0 Å². The summed E-state index contributed by atoms with van der Waals surface area (Å²) >= 11 is 0. The third-order valence-corrected chi connectivity index (χ3v) is 4.76. The Kier molecular flexibility index (Phi) is 3.75. The number of fused-ring (bicyclic) bond motifs is 2. The van der Waals surface area contributed by atoms with E-state index in [1.54, 1.807) is 6.07 Å². The van der Waals surface area contributed by atoms with Crippen molar-refractivity contribution in [1.29, 1.82) is 0 Å². The zero-order chi connectivity index (χ0) is 16.7. The molecule has 0 amide bonds. The van der Waals surface area contributed by atoms with Gasteiger partial charge >= 0.3 is 0 Å². The van der Waals surface area contributed by atoms with E-state index in [1.807, 2.05) is 12.1 Å². The number of halogens is 1. The molecule has 0 bridgehead atoms. The van der Waals surface area contributed by atoms with E-state index >= 15 is 0 Å². The van der Waals surface area contributed by atoms with Gasteiger partial charge in [0, 0.05) is 24.5 Å². The number of para-hydroxylation sites is 1. The molecule has 0 aromatic heterocycles. The number of ether oxygens (including phenoxy) is 2. The normalized spacial score (nSPS) is 18.7. The highest BCUT2D eigenvalue weighted by Crippen LogP contribution is 2.38. The van der Waals surface area contributed by atoms with Gasteiger partial charge in [0.1, 0.15) is 0 Å². The molecule has 0 fully saturated rings. The van der Waals surface area contributed by atoms with Gasteiger partial charge in [-0.1, -0.05) is 19.1 Å². The monoisotopic (exact) mass is 326 g/mol. The molecular formula is C20H21FNO2+. The van der Waals surface area contributed by atoms with E-state index in [0.29, 0.717) is 5.69 Å². The fraction of sp³-hybridized carbons (Fsp3) is 0.350. The maximum absolute atomic E-state index is 14.5. The van der Waals surface area contributed by atoms with Crippen LogP contribution in [-0.4, -0.2) is 23.1 Å². The molecule has 0 spiro atoms. The summed E-state index contributed by atoms with van der Waals surface area (Å²) in [6.45, 7) is 4.57. The van der Waals surface area contributed by atoms with Crippen LogP contribution in [0.25, 0.3) is 0 Å². The summed E-state index contributed by atoms with van der Waals surface area (Å²) < 4.78 is 27.7. The van der Waals surface area contributed by atoms with Crippen LogP contribution in [0.2, 0.25) is 0 Å². The fourth-order valence-electron chi connectivity index (χ4n) is 3.75. The van der Waals surface area contributed by atoms with E-state index < -0.39 is 0 Å². The Morgan fingerprint density at radius 1 is 1.17 bits per heavy atom. The minimum absolute atomic E-state index is 0.179. The number of benzene rings is 2. The smallest absolute Gasteiger partial charge is 0.241 e. The lowest BCUT2D eigenvalue weighted by Crippen LogP contribution is -2.34. The minimum Gasteiger partial charge on any atom is -0.454 e. The second-order valence-corrected chi connectivity index (χ2v) is 6.43. The lowest BCUT2D eigenvalue weighted by atomic mass is 9.90. The number of rotatable bonds is 3. The molecule has 2 aromatic rings. The van der Waals surface area contributed by atoms with Crippen molar-refractivity contribution in [2.75, 3.05) is 6.79 Å². The molecule has 24 heavy (non-hydrogen) atoms. The molecule has 1 atom stereocenters. The third kappa shape index (κ3) is 2.37. The first-order chi connectivity index (χ1) is 11.7. The predicted molar refractivity (Wildman–Crippen MR) is 91.1 cm³/mol. The quantitative estimate of drug-likeness (QED) is 0.778. The second-order valence-electron chi connectivity index (χ2n) is 6.43. The molecular weight excluding hydrogens is 305 g/mol. The number of hydrogen-bond donors (Lipinski definition) is 0. The van der Waals surface area contributed by atoms with Crippen molar-refractivity contribution < 1.29 is 18.4 Å². The van der Waals surface area contributed by atoms with Crippen LogP contribution in [0, 0.1) is 5.82 Å². The van der Waals surface area contributed by atoms with Crippen LogP contribution in [0.15, 0.2) is 36.4 Å². The molecule has 1 unspecified atom stereocenters. The van der Waals surface area contributed by atoms with Gasteiger partial charge < -0.3 is 9.47 Å². The molecule has 0 radical (unpaired) electrons. The Balaban J connectivity index is 1.95. The van der Waals surface area contributed by atoms with Crippen molar-refractivity contribution in [1.82, 2.24) is 0 Å². The van der Waals surface area contributed by atoms with Crippen molar-refractivity contribution in [2.45, 2.75) is 39.2 Å². The SMILES string of the molecule is CCCC1=[N+](c2ccccc2F)C(C)Cc2cc3c(cc21)OCO3. The van der Waals surface area contributed by atoms with Crippen LogP contribution in [0.3, 0.4) is 0 Å². The lowest BCUT2D eigenvalue weighted by Gasteiger charge is -2.23. The van der Waals surface area contributed by atoms with Crippen LogP contribution in [0.1, 0.15) is 37.8 Å². The molecule has 2 aliphatic heterocycles. The highest BCUT2D eigenvalue weighted by Gasteiger charge is 2.35. The van der Waals surface area contributed by atoms with Crippen LogP contribution in [0.4, 0.5) is 10.1 Å². The third-order valence-electron chi connectivity index (χ3n) is 4.76. The van der Waals surface area contributed by atoms with Crippen LogP contribution in [0.5, 0.6) is 11.5 Å². The molecule has 0 saturated carbocycles. The van der Waals surface area contributed by atoms with E-state index in [-0.39, 0.29) is 18.7 Å². The topological polar surface area (TPSA) is 21.5 Å². The highest BCUT2D eigenvalue weighted by molar-refractivity contribution is 6.00. The Bertz CT molecular complexity index is 828. The molecule has 0 N–H and O–H groups in total. The van der Waals surface area contributed by atoms with Gasteiger partial charge in [0.15, 0.2) is 29.1 Å². The number of hydrogen-bond acceptors (Lipinski definition) is 2. The summed E-state index contributed by atoms with van der Waals surface area (Å²) in [4.78, 5) is 0. The Labute approximate surface area is 141 Å². The zero-order valence-electron chi connectivity index (χ0n) is 14.0. The minimum atomic E-state index is -0.179. The maximum atomic E-state index is 14.5. The molecule has 2 aliphatic rings. The molecule has 0 saturated heterocycles. The average Bonchev–Trinajstić information content (AvgIpc) is 3.02. The van der Waals surface area contributed by atoms with Gasteiger partial charge in [0.2, 0.25) is 12.5 Å². The molecule has 2 heterocycles. The summed E-state index contributed by atoms with van der Waals surface area (Å²) in [7, 11) is 0. The van der Waals surface area contributed by atoms with E-state index in [4.69, 9.17) is 9.47 Å². The van der Waals surface area contributed by atoms with E-state index in [1.165, 1.54) is 11.6 Å². The van der Waals surface area contributed by atoms with Gasteiger partial charge in [-0.05, 0) is 37.1 Å². The van der Waals surface area contributed by atoms with E-state index in [9.17, 15) is 4.39 Å². The molecule has 3 nitrogen and oxygen atoms in total. The standard InChI is InChI=1S/C20H21FNO2/c1-3-6-17-15-11-20-19(23-12-24-20)10-14(15)9-13(2)22(17)18-8-5-4-7-16(18)21/h4-5,7-8,10-11,13H,3,6,9,12H2,1-2H3/q+1. The van der Waals surface area contributed by atoms with Crippen molar-refractivity contribution in [3.05, 3.63) is 53.3 Å². The largest absolute Gasteiger partial charge is 0.454 e. The molecule has 2 aromatic carbocycles. The second kappa shape index (κ2) is 5.93. The van der Waals surface area contributed by atoms with Crippen LogP contribution >= 0.6 is 0 Å². The summed E-state index contributed by atoms with van der Waals surface area (Å²) in [5.41, 5.74) is 4.22. The first-order valence-electron chi connectivity index (χ1n) is 8.51. The van der Waals surface area contributed by atoms with Gasteiger partial charge in [0.25, 0.3) is 0 Å². The molecule has 124 valence electrons. The molecule has 0 aliphatic carbocycles. The summed E-state index contributed by atoms with van der Waals surface area (Å²) in [5, 5.41) is 0. The zero-order valence-corrected chi connectivity index (χ0v) is 14.0. The van der Waals surface area contributed by atoms with Gasteiger partial charge in [-0.25, -0.2) is 0 Å². The van der Waals surface area contributed by atoms with Crippen molar-refractivity contribution in [3.63, 3.8) is 0 Å². The molecule has 4 heteroatoms. The fourth-order valence-corrected chi connectivity index (χ4v) is 3.75. The summed E-state index contributed by atoms with van der Waals surface area (Å²) in [5.74, 6) is 1.42. The van der Waals surface area contributed by atoms with Crippen LogP contribution in [-0.2, 0) is 6.42 Å². The Morgan fingerprint density at radius 3 is 2.67 bits per heavy atom.